The second-order valence-corrected chi connectivity index (χ2v) is 6.66. The molecule has 5 heteroatoms. The van der Waals surface area contributed by atoms with Crippen molar-refractivity contribution in [2.75, 3.05) is 5.32 Å². The number of benzene rings is 1. The summed E-state index contributed by atoms with van der Waals surface area (Å²) >= 11 is 5.80. The van der Waals surface area contributed by atoms with Crippen LogP contribution in [0.1, 0.15) is 45.1 Å². The van der Waals surface area contributed by atoms with E-state index >= 15 is 0 Å². The monoisotopic (exact) mass is 319 g/mol. The standard InChI is InChI=1S/C16H21ClF3N/c1-10(2)11-3-5-14(6-4-11)21-15-8-12(16(18,19)20)7-13(17)9-15/h7-11,14,21H,3-6H2,1-2H3. The molecule has 0 atom stereocenters. The summed E-state index contributed by atoms with van der Waals surface area (Å²) in [5.41, 5.74) is -0.240. The third-order valence-corrected chi connectivity index (χ3v) is 4.53. The van der Waals surface area contributed by atoms with E-state index in [-0.39, 0.29) is 11.1 Å². The molecule has 0 amide bonds. The lowest BCUT2D eigenvalue weighted by Gasteiger charge is -2.32. The van der Waals surface area contributed by atoms with Crippen molar-refractivity contribution in [1.29, 1.82) is 0 Å². The van der Waals surface area contributed by atoms with Gasteiger partial charge in [0.15, 0.2) is 0 Å². The van der Waals surface area contributed by atoms with Crippen LogP contribution in [0.4, 0.5) is 18.9 Å². The van der Waals surface area contributed by atoms with Crippen LogP contribution in [0, 0.1) is 11.8 Å². The van der Waals surface area contributed by atoms with Gasteiger partial charge in [0.1, 0.15) is 0 Å². The van der Waals surface area contributed by atoms with E-state index in [1.54, 1.807) is 6.07 Å². The Morgan fingerprint density at radius 2 is 1.71 bits per heavy atom. The molecule has 0 spiro atoms. The van der Waals surface area contributed by atoms with Crippen molar-refractivity contribution >= 4 is 17.3 Å². The van der Waals surface area contributed by atoms with Crippen LogP contribution >= 0.6 is 11.6 Å². The van der Waals surface area contributed by atoms with Gasteiger partial charge in [-0.1, -0.05) is 25.4 Å². The molecule has 2 rings (SSSR count). The quantitative estimate of drug-likeness (QED) is 0.722. The van der Waals surface area contributed by atoms with E-state index in [4.69, 9.17) is 11.6 Å². The Morgan fingerprint density at radius 1 is 1.10 bits per heavy atom. The average molecular weight is 320 g/mol. The zero-order chi connectivity index (χ0) is 15.6. The fourth-order valence-corrected chi connectivity index (χ4v) is 3.24. The number of halogens is 4. The van der Waals surface area contributed by atoms with E-state index < -0.39 is 11.7 Å². The molecule has 1 aliphatic rings. The maximum absolute atomic E-state index is 12.8. The van der Waals surface area contributed by atoms with Gasteiger partial charge in [0, 0.05) is 16.8 Å². The van der Waals surface area contributed by atoms with Gasteiger partial charge in [-0.3, -0.25) is 0 Å². The van der Waals surface area contributed by atoms with Gasteiger partial charge in [0.25, 0.3) is 0 Å². The van der Waals surface area contributed by atoms with Gasteiger partial charge in [0.05, 0.1) is 5.56 Å². The van der Waals surface area contributed by atoms with Gasteiger partial charge >= 0.3 is 6.18 Å². The third kappa shape index (κ3) is 4.53. The molecule has 0 saturated heterocycles. The molecule has 0 aliphatic heterocycles. The van der Waals surface area contributed by atoms with Crippen molar-refractivity contribution in [1.82, 2.24) is 0 Å². The largest absolute Gasteiger partial charge is 0.416 e. The van der Waals surface area contributed by atoms with Crippen molar-refractivity contribution < 1.29 is 13.2 Å². The molecule has 21 heavy (non-hydrogen) atoms. The highest BCUT2D eigenvalue weighted by atomic mass is 35.5. The molecular formula is C16H21ClF3N. The number of rotatable bonds is 3. The molecule has 0 bridgehead atoms. The number of nitrogens with one attached hydrogen (secondary N) is 1. The summed E-state index contributed by atoms with van der Waals surface area (Å²) in [5.74, 6) is 1.40. The number of alkyl halides is 3. The highest BCUT2D eigenvalue weighted by molar-refractivity contribution is 6.30. The van der Waals surface area contributed by atoms with Crippen LogP contribution in [0.2, 0.25) is 5.02 Å². The van der Waals surface area contributed by atoms with E-state index in [2.05, 4.69) is 19.2 Å². The summed E-state index contributed by atoms with van der Waals surface area (Å²) in [4.78, 5) is 0. The Balaban J connectivity index is 2.02. The van der Waals surface area contributed by atoms with Crippen LogP contribution in [0.3, 0.4) is 0 Å². The summed E-state index contributed by atoms with van der Waals surface area (Å²) in [6.45, 7) is 4.45. The zero-order valence-electron chi connectivity index (χ0n) is 12.3. The summed E-state index contributed by atoms with van der Waals surface area (Å²) in [7, 11) is 0. The molecule has 1 nitrogen and oxygen atoms in total. The molecule has 1 aliphatic carbocycles. The minimum atomic E-state index is -4.36. The number of anilines is 1. The molecule has 1 aromatic rings. The van der Waals surface area contributed by atoms with E-state index in [9.17, 15) is 13.2 Å². The lowest BCUT2D eigenvalue weighted by atomic mass is 9.79. The van der Waals surface area contributed by atoms with Gasteiger partial charge in [-0.15, -0.1) is 0 Å². The Hall–Kier alpha value is -0.900. The molecule has 118 valence electrons. The SMILES string of the molecule is CC(C)C1CCC(Nc2cc(Cl)cc(C(F)(F)F)c2)CC1. The Morgan fingerprint density at radius 3 is 2.24 bits per heavy atom. The minimum absolute atomic E-state index is 0.114. The Bertz CT molecular complexity index is 477. The average Bonchev–Trinajstić information content (AvgIpc) is 2.37. The molecule has 1 N–H and O–H groups in total. The van der Waals surface area contributed by atoms with Gasteiger partial charge in [-0.05, 0) is 55.7 Å². The van der Waals surface area contributed by atoms with E-state index in [1.165, 1.54) is 0 Å². The van der Waals surface area contributed by atoms with Crippen molar-refractivity contribution in [3.05, 3.63) is 28.8 Å². The van der Waals surface area contributed by atoms with Gasteiger partial charge in [0.2, 0.25) is 0 Å². The van der Waals surface area contributed by atoms with Crippen LogP contribution < -0.4 is 5.32 Å². The van der Waals surface area contributed by atoms with E-state index in [1.807, 2.05) is 0 Å². The molecule has 1 saturated carbocycles. The van der Waals surface area contributed by atoms with Crippen molar-refractivity contribution in [3.8, 4) is 0 Å². The maximum atomic E-state index is 12.8. The van der Waals surface area contributed by atoms with E-state index in [0.717, 1.165) is 43.7 Å². The summed E-state index contributed by atoms with van der Waals surface area (Å²) < 4.78 is 38.3. The molecule has 1 fully saturated rings. The molecule has 0 aromatic heterocycles. The Labute approximate surface area is 128 Å². The van der Waals surface area contributed by atoms with E-state index in [0.29, 0.717) is 11.6 Å². The summed E-state index contributed by atoms with van der Waals surface area (Å²) in [5, 5.41) is 3.32. The first-order chi connectivity index (χ1) is 9.75. The van der Waals surface area contributed by atoms with Gasteiger partial charge in [-0.2, -0.15) is 13.2 Å². The fraction of sp³-hybridized carbons (Fsp3) is 0.625. The molecule has 0 radical (unpaired) electrons. The van der Waals surface area contributed by atoms with Gasteiger partial charge in [-0.25, -0.2) is 0 Å². The number of hydrogen-bond acceptors (Lipinski definition) is 1. The second kappa shape index (κ2) is 6.47. The topological polar surface area (TPSA) is 12.0 Å². The van der Waals surface area contributed by atoms with Crippen LogP contribution in [0.25, 0.3) is 0 Å². The highest BCUT2D eigenvalue weighted by Gasteiger charge is 2.31. The molecule has 0 unspecified atom stereocenters. The maximum Gasteiger partial charge on any atom is 0.416 e. The number of hydrogen-bond donors (Lipinski definition) is 1. The first kappa shape index (κ1) is 16.5. The summed E-state index contributed by atoms with van der Waals surface area (Å²) in [6, 6.07) is 3.90. The van der Waals surface area contributed by atoms with Gasteiger partial charge < -0.3 is 5.32 Å². The smallest absolute Gasteiger partial charge is 0.382 e. The predicted octanol–water partition coefficient (Wildman–Crippen LogP) is 5.99. The van der Waals surface area contributed by atoms with Crippen LogP contribution in [-0.4, -0.2) is 6.04 Å². The first-order valence-electron chi connectivity index (χ1n) is 7.40. The van der Waals surface area contributed by atoms with Crippen molar-refractivity contribution in [3.63, 3.8) is 0 Å². The normalized spacial score (nSPS) is 23.4. The molecular weight excluding hydrogens is 299 g/mol. The summed E-state index contributed by atoms with van der Waals surface area (Å²) in [6.07, 6.45) is -0.117. The lowest BCUT2D eigenvalue weighted by Crippen LogP contribution is -2.28. The fourth-order valence-electron chi connectivity index (χ4n) is 3.00. The minimum Gasteiger partial charge on any atom is -0.382 e. The second-order valence-electron chi connectivity index (χ2n) is 6.23. The lowest BCUT2D eigenvalue weighted by molar-refractivity contribution is -0.137. The first-order valence-corrected chi connectivity index (χ1v) is 7.78. The third-order valence-electron chi connectivity index (χ3n) is 4.31. The van der Waals surface area contributed by atoms with Crippen LogP contribution in [-0.2, 0) is 6.18 Å². The highest BCUT2D eigenvalue weighted by Crippen LogP contribution is 2.35. The molecule has 1 aromatic carbocycles. The predicted molar refractivity (Wildman–Crippen MR) is 80.7 cm³/mol. The van der Waals surface area contributed by atoms with Crippen LogP contribution in [0.15, 0.2) is 18.2 Å². The van der Waals surface area contributed by atoms with Crippen LogP contribution in [0.5, 0.6) is 0 Å². The zero-order valence-corrected chi connectivity index (χ0v) is 13.1. The van der Waals surface area contributed by atoms with Crippen molar-refractivity contribution in [2.45, 2.75) is 51.7 Å². The molecule has 0 heterocycles. The van der Waals surface area contributed by atoms with Crippen molar-refractivity contribution in [2.24, 2.45) is 11.8 Å². The Kier molecular flexibility index (Phi) is 5.07.